The summed E-state index contributed by atoms with van der Waals surface area (Å²) in [6.45, 7) is 0. The van der Waals surface area contributed by atoms with E-state index in [4.69, 9.17) is 8.83 Å². The molecule has 5 aromatic heterocycles. The normalized spacial score (nSPS) is 11.8. The molecule has 0 N–H and O–H groups in total. The van der Waals surface area contributed by atoms with Crippen LogP contribution in [0.5, 0.6) is 0 Å². The number of aromatic nitrogens is 5. The van der Waals surface area contributed by atoms with Crippen LogP contribution in [-0.4, -0.2) is 24.5 Å². The average Bonchev–Trinajstić information content (AvgIpc) is 3.94. The molecule has 0 amide bonds. The maximum absolute atomic E-state index is 5.93. The molecule has 248 valence electrons. The molecule has 0 saturated carbocycles. The summed E-state index contributed by atoms with van der Waals surface area (Å²) in [7, 11) is 0. The Kier molecular flexibility index (Phi) is 6.42. The number of fused-ring (bicyclic) bond motifs is 6. The van der Waals surface area contributed by atoms with E-state index in [0.717, 1.165) is 61.1 Å². The minimum atomic E-state index is 0.538. The predicted molar refractivity (Wildman–Crippen MR) is 211 cm³/mol. The molecular formula is C46H27N5O2. The Hall–Kier alpha value is -7.38. The van der Waals surface area contributed by atoms with Gasteiger partial charge in [0.25, 0.3) is 0 Å². The highest BCUT2D eigenvalue weighted by atomic mass is 16.4. The van der Waals surface area contributed by atoms with E-state index in [1.54, 1.807) is 12.4 Å². The molecule has 0 saturated heterocycles. The van der Waals surface area contributed by atoms with E-state index in [-0.39, 0.29) is 0 Å². The van der Waals surface area contributed by atoms with Crippen molar-refractivity contribution in [3.05, 3.63) is 164 Å². The fourth-order valence-electron chi connectivity index (χ4n) is 7.37. The van der Waals surface area contributed by atoms with Crippen LogP contribution in [0.1, 0.15) is 0 Å². The van der Waals surface area contributed by atoms with Gasteiger partial charge in [0.05, 0.1) is 11.0 Å². The van der Waals surface area contributed by atoms with Gasteiger partial charge in [-0.3, -0.25) is 0 Å². The van der Waals surface area contributed by atoms with Crippen LogP contribution in [0.3, 0.4) is 0 Å². The molecular weight excluding hydrogens is 655 g/mol. The molecule has 7 nitrogen and oxygen atoms in total. The van der Waals surface area contributed by atoms with Gasteiger partial charge in [-0.15, -0.1) is 0 Å². The zero-order valence-electron chi connectivity index (χ0n) is 28.1. The molecule has 0 spiro atoms. The molecule has 7 heteroatoms. The maximum Gasteiger partial charge on any atom is 0.247 e. The SMILES string of the molecule is c1ccc2cc(-n3c4ccc(-c5ccc(-c6nc7cccnc7o6)cc5)cc4c4cc(-c5ccc(-c6nc7cccnc7o6)cc5)ccc43)ccc2c1. The second-order valence-electron chi connectivity index (χ2n) is 13.2. The summed E-state index contributed by atoms with van der Waals surface area (Å²) in [6.07, 6.45) is 3.43. The van der Waals surface area contributed by atoms with Crippen molar-refractivity contribution in [3.8, 4) is 50.8 Å². The van der Waals surface area contributed by atoms with Gasteiger partial charge in [-0.2, -0.15) is 0 Å². The molecule has 5 heterocycles. The van der Waals surface area contributed by atoms with E-state index in [2.05, 4.69) is 152 Å². The number of hydrogen-bond donors (Lipinski definition) is 0. The number of hydrogen-bond acceptors (Lipinski definition) is 6. The van der Waals surface area contributed by atoms with Crippen LogP contribution < -0.4 is 0 Å². The summed E-state index contributed by atoms with van der Waals surface area (Å²) in [4.78, 5) is 17.9. The van der Waals surface area contributed by atoms with Crippen molar-refractivity contribution >= 4 is 55.0 Å². The molecule has 0 unspecified atom stereocenters. The molecule has 0 fully saturated rings. The lowest BCUT2D eigenvalue weighted by Gasteiger charge is -2.10. The first-order chi connectivity index (χ1) is 26.2. The number of oxazole rings is 2. The molecule has 6 aromatic carbocycles. The maximum atomic E-state index is 5.93. The molecule has 11 rings (SSSR count). The lowest BCUT2D eigenvalue weighted by molar-refractivity contribution is 0.607. The van der Waals surface area contributed by atoms with Gasteiger partial charge in [0.1, 0.15) is 11.0 Å². The van der Waals surface area contributed by atoms with Gasteiger partial charge in [-0.25, -0.2) is 19.9 Å². The summed E-state index contributed by atoms with van der Waals surface area (Å²) in [5.74, 6) is 1.12. The van der Waals surface area contributed by atoms with E-state index in [1.807, 2.05) is 24.3 Å². The zero-order chi connectivity index (χ0) is 34.9. The van der Waals surface area contributed by atoms with Crippen LogP contribution in [0.15, 0.2) is 173 Å². The molecule has 53 heavy (non-hydrogen) atoms. The molecule has 11 aromatic rings. The largest absolute Gasteiger partial charge is 0.418 e. The fraction of sp³-hybridized carbons (Fsp3) is 0. The topological polar surface area (TPSA) is 82.8 Å². The van der Waals surface area contributed by atoms with Crippen molar-refractivity contribution < 1.29 is 8.83 Å². The standard InChI is InChI=1S/C46H27N5O2/c1-2-6-33-25-36(20-17-28(33)5-1)51-41-21-18-34(29-9-13-31(14-10-29)43-49-39-7-3-23-47-45(39)52-43)26-37(41)38-27-35(19-22-42(38)51)30-11-15-32(16-12-30)44-50-40-8-4-24-48-46(40)53-44/h1-27H. The van der Waals surface area contributed by atoms with Crippen molar-refractivity contribution in [2.75, 3.05) is 0 Å². The summed E-state index contributed by atoms with van der Waals surface area (Å²) in [5.41, 5.74) is 12.3. The Labute approximate surface area is 302 Å². The Morgan fingerprint density at radius 1 is 0.396 bits per heavy atom. The fourth-order valence-corrected chi connectivity index (χ4v) is 7.37. The van der Waals surface area contributed by atoms with Crippen LogP contribution in [-0.2, 0) is 0 Å². The number of benzene rings is 6. The molecule has 0 aliphatic heterocycles. The molecule has 0 aliphatic carbocycles. The second-order valence-corrected chi connectivity index (χ2v) is 13.2. The molecule has 0 atom stereocenters. The van der Waals surface area contributed by atoms with Gasteiger partial charge in [-0.1, -0.05) is 66.7 Å². The van der Waals surface area contributed by atoms with Crippen LogP contribution in [0.4, 0.5) is 0 Å². The van der Waals surface area contributed by atoms with Gasteiger partial charge < -0.3 is 13.4 Å². The molecule has 0 bridgehead atoms. The van der Waals surface area contributed by atoms with E-state index < -0.39 is 0 Å². The van der Waals surface area contributed by atoms with E-state index in [1.165, 1.54) is 21.5 Å². The van der Waals surface area contributed by atoms with Crippen molar-refractivity contribution in [1.29, 1.82) is 0 Å². The average molecular weight is 682 g/mol. The quantitative estimate of drug-likeness (QED) is 0.180. The summed E-state index contributed by atoms with van der Waals surface area (Å²) < 4.78 is 14.2. The summed E-state index contributed by atoms with van der Waals surface area (Å²) >= 11 is 0. The number of pyridine rings is 2. The third-order valence-electron chi connectivity index (χ3n) is 10.0. The highest BCUT2D eigenvalue weighted by Gasteiger charge is 2.16. The van der Waals surface area contributed by atoms with E-state index in [0.29, 0.717) is 23.2 Å². The smallest absolute Gasteiger partial charge is 0.247 e. The van der Waals surface area contributed by atoms with Crippen LogP contribution in [0.2, 0.25) is 0 Å². The minimum absolute atomic E-state index is 0.538. The Bertz CT molecular complexity index is 2930. The van der Waals surface area contributed by atoms with Crippen molar-refractivity contribution in [1.82, 2.24) is 24.5 Å². The number of rotatable bonds is 5. The highest BCUT2D eigenvalue weighted by Crippen LogP contribution is 2.38. The third-order valence-corrected chi connectivity index (χ3v) is 10.0. The van der Waals surface area contributed by atoms with Gasteiger partial charge in [-0.05, 0) is 118 Å². The molecule has 0 radical (unpaired) electrons. The van der Waals surface area contributed by atoms with Gasteiger partial charge >= 0.3 is 0 Å². The second kappa shape index (κ2) is 11.6. The lowest BCUT2D eigenvalue weighted by atomic mass is 9.99. The van der Waals surface area contributed by atoms with Crippen molar-refractivity contribution in [3.63, 3.8) is 0 Å². The first-order valence-electron chi connectivity index (χ1n) is 17.4. The van der Waals surface area contributed by atoms with E-state index >= 15 is 0 Å². The van der Waals surface area contributed by atoms with Crippen molar-refractivity contribution in [2.45, 2.75) is 0 Å². The van der Waals surface area contributed by atoms with Crippen LogP contribution >= 0.6 is 0 Å². The highest BCUT2D eigenvalue weighted by molar-refractivity contribution is 6.12. The first-order valence-corrected chi connectivity index (χ1v) is 17.4. The Morgan fingerprint density at radius 3 is 1.42 bits per heavy atom. The van der Waals surface area contributed by atoms with Gasteiger partial charge in [0.2, 0.25) is 23.2 Å². The lowest BCUT2D eigenvalue weighted by Crippen LogP contribution is -1.94. The predicted octanol–water partition coefficient (Wildman–Crippen LogP) is 11.7. The Morgan fingerprint density at radius 2 is 0.887 bits per heavy atom. The zero-order valence-corrected chi connectivity index (χ0v) is 28.1. The van der Waals surface area contributed by atoms with Gasteiger partial charge in [0, 0.05) is 40.0 Å². The van der Waals surface area contributed by atoms with Crippen LogP contribution in [0, 0.1) is 0 Å². The number of nitrogens with zero attached hydrogens (tertiary/aromatic N) is 5. The van der Waals surface area contributed by atoms with Crippen molar-refractivity contribution in [2.24, 2.45) is 0 Å². The minimum Gasteiger partial charge on any atom is -0.418 e. The molecule has 0 aliphatic rings. The monoisotopic (exact) mass is 681 g/mol. The van der Waals surface area contributed by atoms with E-state index in [9.17, 15) is 0 Å². The first kappa shape index (κ1) is 29.4. The Balaban J connectivity index is 1.03. The summed E-state index contributed by atoms with van der Waals surface area (Å²) in [5, 5.41) is 4.78. The third kappa shape index (κ3) is 4.90. The van der Waals surface area contributed by atoms with Gasteiger partial charge in [0.15, 0.2) is 0 Å². The van der Waals surface area contributed by atoms with Crippen LogP contribution in [0.25, 0.3) is 106 Å². The summed E-state index contributed by atoms with van der Waals surface area (Å²) in [6, 6.07) is 53.0.